The summed E-state index contributed by atoms with van der Waals surface area (Å²) in [4.78, 5) is 28.6. The molecule has 9 heteroatoms. The van der Waals surface area contributed by atoms with Crippen molar-refractivity contribution in [1.29, 1.82) is 0 Å². The molecule has 2 heterocycles. The number of aromatic nitrogens is 2. The van der Waals surface area contributed by atoms with Gasteiger partial charge in [-0.05, 0) is 26.0 Å². The standard InChI is InChI=1S/C13H12F3N3O2S/c1-7-8(2)22-12(17-7)18-10(20)6-19-5-3-4-9(11(19)21)13(14,15)16/h3-5H,6H2,1-2H3,(H,17,18,20). The number of halogens is 3. The lowest BCUT2D eigenvalue weighted by atomic mass is 10.2. The predicted molar refractivity (Wildman–Crippen MR) is 75.9 cm³/mol. The fourth-order valence-electron chi connectivity index (χ4n) is 1.72. The third-order valence-corrected chi connectivity index (χ3v) is 3.90. The minimum Gasteiger partial charge on any atom is -0.306 e. The molecule has 2 aromatic rings. The van der Waals surface area contributed by atoms with Gasteiger partial charge in [-0.3, -0.25) is 9.59 Å². The van der Waals surface area contributed by atoms with Crippen molar-refractivity contribution in [2.45, 2.75) is 26.6 Å². The molecule has 5 nitrogen and oxygen atoms in total. The molecule has 0 aliphatic carbocycles. The number of hydrogen-bond acceptors (Lipinski definition) is 4. The zero-order valence-electron chi connectivity index (χ0n) is 11.7. The number of carbonyl (C=O) groups excluding carboxylic acids is 1. The van der Waals surface area contributed by atoms with Crippen LogP contribution < -0.4 is 10.9 Å². The second kappa shape index (κ2) is 5.91. The summed E-state index contributed by atoms with van der Waals surface area (Å²) < 4.78 is 38.6. The molecular weight excluding hydrogens is 319 g/mol. The first-order valence-corrected chi connectivity index (χ1v) is 7.00. The highest BCUT2D eigenvalue weighted by atomic mass is 32.1. The van der Waals surface area contributed by atoms with E-state index in [2.05, 4.69) is 10.3 Å². The van der Waals surface area contributed by atoms with E-state index in [1.807, 2.05) is 6.92 Å². The molecule has 1 amide bonds. The van der Waals surface area contributed by atoms with Crippen LogP contribution in [0.25, 0.3) is 0 Å². The summed E-state index contributed by atoms with van der Waals surface area (Å²) in [6.07, 6.45) is -3.62. The molecule has 118 valence electrons. The van der Waals surface area contributed by atoms with Gasteiger partial charge in [0.05, 0.1) is 5.69 Å². The maximum Gasteiger partial charge on any atom is 0.421 e. The van der Waals surface area contributed by atoms with Gasteiger partial charge in [0.1, 0.15) is 12.1 Å². The number of nitrogens with one attached hydrogen (secondary N) is 1. The van der Waals surface area contributed by atoms with Crippen LogP contribution in [-0.4, -0.2) is 15.5 Å². The number of aryl methyl sites for hydroxylation is 2. The van der Waals surface area contributed by atoms with Crippen LogP contribution in [0.15, 0.2) is 23.1 Å². The summed E-state index contributed by atoms with van der Waals surface area (Å²) in [5.74, 6) is -0.616. The Bertz CT molecular complexity index is 745. The molecule has 2 rings (SSSR count). The van der Waals surface area contributed by atoms with Gasteiger partial charge in [-0.15, -0.1) is 11.3 Å². The monoisotopic (exact) mass is 331 g/mol. The van der Waals surface area contributed by atoms with Gasteiger partial charge < -0.3 is 9.88 Å². The van der Waals surface area contributed by atoms with Gasteiger partial charge in [-0.25, -0.2) is 4.98 Å². The largest absolute Gasteiger partial charge is 0.421 e. The maximum absolute atomic E-state index is 12.6. The fraction of sp³-hybridized carbons (Fsp3) is 0.308. The molecule has 0 saturated heterocycles. The van der Waals surface area contributed by atoms with E-state index in [1.165, 1.54) is 11.3 Å². The predicted octanol–water partition coefficient (Wildman–Crippen LogP) is 2.58. The normalized spacial score (nSPS) is 11.5. The van der Waals surface area contributed by atoms with Crippen molar-refractivity contribution < 1.29 is 18.0 Å². The topological polar surface area (TPSA) is 64.0 Å². The molecule has 2 aromatic heterocycles. The second-order valence-corrected chi connectivity index (χ2v) is 5.76. The van der Waals surface area contributed by atoms with Crippen molar-refractivity contribution in [2.75, 3.05) is 5.32 Å². The Balaban J connectivity index is 2.17. The molecule has 0 bridgehead atoms. The molecule has 0 unspecified atom stereocenters. The Kier molecular flexibility index (Phi) is 4.36. The average Bonchev–Trinajstić information content (AvgIpc) is 2.69. The highest BCUT2D eigenvalue weighted by Gasteiger charge is 2.34. The minimum absolute atomic E-state index is 0.347. The van der Waals surface area contributed by atoms with Crippen LogP contribution in [0.2, 0.25) is 0 Å². The smallest absolute Gasteiger partial charge is 0.306 e. The lowest BCUT2D eigenvalue weighted by Crippen LogP contribution is -2.31. The van der Waals surface area contributed by atoms with E-state index in [0.717, 1.165) is 22.8 Å². The first kappa shape index (κ1) is 16.2. The molecule has 0 atom stereocenters. The number of pyridine rings is 1. The van der Waals surface area contributed by atoms with Crippen molar-refractivity contribution in [2.24, 2.45) is 0 Å². The fourth-order valence-corrected chi connectivity index (χ4v) is 2.55. The van der Waals surface area contributed by atoms with Crippen molar-refractivity contribution >= 4 is 22.4 Å². The molecule has 0 fully saturated rings. The van der Waals surface area contributed by atoms with Gasteiger partial charge in [0.15, 0.2) is 5.13 Å². The van der Waals surface area contributed by atoms with E-state index in [-0.39, 0.29) is 0 Å². The molecule has 0 aliphatic heterocycles. The summed E-state index contributed by atoms with van der Waals surface area (Å²) in [6, 6.07) is 1.76. The first-order valence-electron chi connectivity index (χ1n) is 6.19. The van der Waals surface area contributed by atoms with Gasteiger partial charge >= 0.3 is 6.18 Å². The van der Waals surface area contributed by atoms with E-state index in [9.17, 15) is 22.8 Å². The first-order chi connectivity index (χ1) is 10.2. The van der Waals surface area contributed by atoms with Crippen LogP contribution >= 0.6 is 11.3 Å². The van der Waals surface area contributed by atoms with Crippen LogP contribution in [0.1, 0.15) is 16.1 Å². The van der Waals surface area contributed by atoms with Crippen LogP contribution in [0, 0.1) is 13.8 Å². The summed E-state index contributed by atoms with van der Waals surface area (Å²) in [6.45, 7) is 3.10. The van der Waals surface area contributed by atoms with Crippen LogP contribution in [0.3, 0.4) is 0 Å². The van der Waals surface area contributed by atoms with Crippen LogP contribution in [-0.2, 0) is 17.5 Å². The van der Waals surface area contributed by atoms with Gasteiger partial charge in [-0.1, -0.05) is 0 Å². The van der Waals surface area contributed by atoms with Gasteiger partial charge in [0, 0.05) is 11.1 Å². The number of anilines is 1. The summed E-state index contributed by atoms with van der Waals surface area (Å²) in [7, 11) is 0. The SMILES string of the molecule is Cc1nc(NC(=O)Cn2cccc(C(F)(F)F)c2=O)sc1C. The van der Waals surface area contributed by atoms with Gasteiger partial charge in [-0.2, -0.15) is 13.2 Å². The highest BCUT2D eigenvalue weighted by molar-refractivity contribution is 7.15. The Morgan fingerprint density at radius 2 is 2.09 bits per heavy atom. The van der Waals surface area contributed by atoms with E-state index in [4.69, 9.17) is 0 Å². The number of nitrogens with zero attached hydrogens (tertiary/aromatic N) is 2. The Hall–Kier alpha value is -2.16. The molecule has 0 aromatic carbocycles. The summed E-state index contributed by atoms with van der Waals surface area (Å²) in [5.41, 5.74) is -1.79. The summed E-state index contributed by atoms with van der Waals surface area (Å²) >= 11 is 1.25. The lowest BCUT2D eigenvalue weighted by molar-refractivity contribution is -0.139. The zero-order valence-corrected chi connectivity index (χ0v) is 12.5. The Morgan fingerprint density at radius 3 is 2.64 bits per heavy atom. The molecule has 0 radical (unpaired) electrons. The Labute approximate surface area is 127 Å². The van der Waals surface area contributed by atoms with Crippen molar-refractivity contribution in [3.8, 4) is 0 Å². The number of rotatable bonds is 3. The number of amides is 1. The minimum atomic E-state index is -4.75. The summed E-state index contributed by atoms with van der Waals surface area (Å²) in [5, 5.41) is 2.81. The van der Waals surface area contributed by atoms with Crippen molar-refractivity contribution in [1.82, 2.24) is 9.55 Å². The molecule has 0 aliphatic rings. The van der Waals surface area contributed by atoms with Gasteiger partial charge in [0.25, 0.3) is 5.56 Å². The molecule has 0 spiro atoms. The molecule has 1 N–H and O–H groups in total. The number of alkyl halides is 3. The van der Waals surface area contributed by atoms with Crippen molar-refractivity contribution in [3.63, 3.8) is 0 Å². The maximum atomic E-state index is 12.6. The second-order valence-electron chi connectivity index (χ2n) is 4.56. The third-order valence-electron chi connectivity index (χ3n) is 2.91. The quantitative estimate of drug-likeness (QED) is 0.940. The molecule has 0 saturated carbocycles. The Morgan fingerprint density at radius 1 is 1.41 bits per heavy atom. The average molecular weight is 331 g/mol. The van der Waals surface area contributed by atoms with E-state index in [1.54, 1.807) is 6.92 Å². The number of carbonyl (C=O) groups is 1. The number of thiazole rings is 1. The third kappa shape index (κ3) is 3.53. The molecule has 22 heavy (non-hydrogen) atoms. The van der Waals surface area contributed by atoms with E-state index in [0.29, 0.717) is 15.8 Å². The zero-order chi connectivity index (χ0) is 16.5. The highest BCUT2D eigenvalue weighted by Crippen LogP contribution is 2.26. The van der Waals surface area contributed by atoms with Crippen LogP contribution in [0.4, 0.5) is 18.3 Å². The van der Waals surface area contributed by atoms with E-state index >= 15 is 0 Å². The van der Waals surface area contributed by atoms with E-state index < -0.39 is 29.8 Å². The van der Waals surface area contributed by atoms with Crippen LogP contribution in [0.5, 0.6) is 0 Å². The lowest BCUT2D eigenvalue weighted by Gasteiger charge is -2.09. The van der Waals surface area contributed by atoms with Crippen molar-refractivity contribution in [3.05, 3.63) is 44.8 Å². The van der Waals surface area contributed by atoms with Gasteiger partial charge in [0.2, 0.25) is 5.91 Å². The number of hydrogen-bond donors (Lipinski definition) is 1. The molecular formula is C13H12F3N3O2S.